The number of rotatable bonds is 4. The predicted octanol–water partition coefficient (Wildman–Crippen LogP) is 0.480. The van der Waals surface area contributed by atoms with Crippen molar-refractivity contribution in [3.8, 4) is 0 Å². The van der Waals surface area contributed by atoms with Gasteiger partial charge in [0.25, 0.3) is 0 Å². The van der Waals surface area contributed by atoms with E-state index >= 15 is 0 Å². The maximum atomic E-state index is 9.35. The van der Waals surface area contributed by atoms with Crippen molar-refractivity contribution in [1.29, 1.82) is 0 Å². The Morgan fingerprint density at radius 3 is 3.08 bits per heavy atom. The monoisotopic (exact) mass is 173 g/mol. The molecule has 0 aromatic rings. The Morgan fingerprint density at radius 1 is 1.58 bits per heavy atom. The molecule has 1 rings (SSSR count). The summed E-state index contributed by atoms with van der Waals surface area (Å²) in [7, 11) is 0. The fourth-order valence-corrected chi connectivity index (χ4v) is 1.57. The molecule has 1 aliphatic rings. The highest BCUT2D eigenvalue weighted by molar-refractivity contribution is 4.71. The molecule has 72 valence electrons. The molecule has 0 spiro atoms. The largest absolute Gasteiger partial charge is 0.392 e. The summed E-state index contributed by atoms with van der Waals surface area (Å²) in [5, 5.41) is 9.35. The lowest BCUT2D eigenvalue weighted by Gasteiger charge is -2.29. The third-order valence-corrected chi connectivity index (χ3v) is 2.24. The second-order valence-corrected chi connectivity index (χ2v) is 3.29. The molecule has 0 aromatic heterocycles. The van der Waals surface area contributed by atoms with E-state index in [1.165, 1.54) is 0 Å². The molecule has 3 nitrogen and oxygen atoms in total. The number of likely N-dealkylation sites (tertiary alicyclic amines) is 1. The zero-order valence-electron chi connectivity index (χ0n) is 7.83. The van der Waals surface area contributed by atoms with E-state index < -0.39 is 0 Å². The van der Waals surface area contributed by atoms with Gasteiger partial charge in [0.2, 0.25) is 0 Å². The maximum absolute atomic E-state index is 9.35. The smallest absolute Gasteiger partial charge is 0.0667 e. The van der Waals surface area contributed by atoms with Crippen LogP contribution in [0.1, 0.15) is 19.8 Å². The molecule has 0 aliphatic carbocycles. The number of aliphatic hydroxyl groups excluding tert-OH is 1. The number of ether oxygens (including phenoxy) is 1. The molecule has 0 bridgehead atoms. The Balaban J connectivity index is 2.06. The van der Waals surface area contributed by atoms with Gasteiger partial charge in [-0.25, -0.2) is 0 Å². The first-order valence-corrected chi connectivity index (χ1v) is 4.81. The molecule has 1 N–H and O–H groups in total. The van der Waals surface area contributed by atoms with Crippen molar-refractivity contribution in [1.82, 2.24) is 4.90 Å². The normalized spacial score (nSPS) is 26.0. The predicted molar refractivity (Wildman–Crippen MR) is 48.2 cm³/mol. The molecule has 1 atom stereocenters. The van der Waals surface area contributed by atoms with Crippen molar-refractivity contribution in [2.45, 2.75) is 25.9 Å². The van der Waals surface area contributed by atoms with Crippen LogP contribution in [-0.2, 0) is 4.74 Å². The van der Waals surface area contributed by atoms with Crippen LogP contribution in [0.4, 0.5) is 0 Å². The van der Waals surface area contributed by atoms with Gasteiger partial charge in [0, 0.05) is 19.7 Å². The van der Waals surface area contributed by atoms with E-state index in [1.807, 2.05) is 6.92 Å². The molecule has 1 heterocycles. The fourth-order valence-electron chi connectivity index (χ4n) is 1.57. The van der Waals surface area contributed by atoms with E-state index in [1.54, 1.807) is 0 Å². The molecule has 1 aliphatic heterocycles. The van der Waals surface area contributed by atoms with Crippen LogP contribution in [0.3, 0.4) is 0 Å². The van der Waals surface area contributed by atoms with Crippen LogP contribution in [-0.4, -0.2) is 49.0 Å². The number of β-amino-alcohol motifs (C(OH)–C–C–N with tert-alkyl or cyclic N) is 1. The Kier molecular flexibility index (Phi) is 4.58. The van der Waals surface area contributed by atoms with Gasteiger partial charge in [0.1, 0.15) is 0 Å². The molecule has 3 heteroatoms. The van der Waals surface area contributed by atoms with Gasteiger partial charge in [0.15, 0.2) is 0 Å². The van der Waals surface area contributed by atoms with Gasteiger partial charge in [-0.1, -0.05) is 0 Å². The summed E-state index contributed by atoms with van der Waals surface area (Å²) in [5.41, 5.74) is 0. The second-order valence-electron chi connectivity index (χ2n) is 3.29. The average Bonchev–Trinajstić information content (AvgIpc) is 2.05. The summed E-state index contributed by atoms with van der Waals surface area (Å²) >= 11 is 0. The van der Waals surface area contributed by atoms with Crippen molar-refractivity contribution in [2.75, 3.05) is 32.8 Å². The van der Waals surface area contributed by atoms with E-state index in [2.05, 4.69) is 4.90 Å². The summed E-state index contributed by atoms with van der Waals surface area (Å²) in [6.45, 7) is 6.49. The highest BCUT2D eigenvalue weighted by Gasteiger charge is 2.16. The molecule has 0 aromatic carbocycles. The molecule has 0 radical (unpaired) electrons. The lowest BCUT2D eigenvalue weighted by molar-refractivity contribution is 0.0475. The molecule has 1 saturated heterocycles. The minimum absolute atomic E-state index is 0.111. The van der Waals surface area contributed by atoms with Gasteiger partial charge in [-0.2, -0.15) is 0 Å². The number of aliphatic hydroxyl groups is 1. The molecular formula is C9H19NO2. The van der Waals surface area contributed by atoms with Crippen molar-refractivity contribution in [3.63, 3.8) is 0 Å². The fraction of sp³-hybridized carbons (Fsp3) is 1.00. The van der Waals surface area contributed by atoms with Crippen LogP contribution in [0.5, 0.6) is 0 Å². The number of piperidine rings is 1. The number of nitrogens with zero attached hydrogens (tertiary/aromatic N) is 1. The maximum Gasteiger partial charge on any atom is 0.0667 e. The lowest BCUT2D eigenvalue weighted by atomic mass is 10.1. The van der Waals surface area contributed by atoms with Gasteiger partial charge < -0.3 is 9.84 Å². The zero-order chi connectivity index (χ0) is 8.81. The first-order chi connectivity index (χ1) is 5.83. The zero-order valence-corrected chi connectivity index (χ0v) is 7.83. The van der Waals surface area contributed by atoms with Gasteiger partial charge in [0.05, 0.1) is 12.7 Å². The molecule has 1 fully saturated rings. The van der Waals surface area contributed by atoms with E-state index in [0.717, 1.165) is 45.7 Å². The molecule has 12 heavy (non-hydrogen) atoms. The first kappa shape index (κ1) is 9.96. The average molecular weight is 173 g/mol. The van der Waals surface area contributed by atoms with Crippen LogP contribution in [0.15, 0.2) is 0 Å². The number of hydrogen-bond donors (Lipinski definition) is 1. The molecule has 0 amide bonds. The van der Waals surface area contributed by atoms with Crippen molar-refractivity contribution < 1.29 is 9.84 Å². The van der Waals surface area contributed by atoms with Crippen LogP contribution in [0.2, 0.25) is 0 Å². The highest BCUT2D eigenvalue weighted by Crippen LogP contribution is 2.08. The minimum atomic E-state index is -0.111. The van der Waals surface area contributed by atoms with Crippen LogP contribution >= 0.6 is 0 Å². The SMILES string of the molecule is CCOCCN1CCCC(O)C1. The topological polar surface area (TPSA) is 32.7 Å². The Morgan fingerprint density at radius 2 is 2.42 bits per heavy atom. The third kappa shape index (κ3) is 3.52. The standard InChI is InChI=1S/C9H19NO2/c1-2-12-7-6-10-5-3-4-9(11)8-10/h9,11H,2-8H2,1H3. The van der Waals surface area contributed by atoms with Crippen LogP contribution in [0.25, 0.3) is 0 Å². The van der Waals surface area contributed by atoms with E-state index in [4.69, 9.17) is 4.74 Å². The van der Waals surface area contributed by atoms with Gasteiger partial charge in [-0.15, -0.1) is 0 Å². The summed E-state index contributed by atoms with van der Waals surface area (Å²) in [6.07, 6.45) is 1.97. The van der Waals surface area contributed by atoms with Crippen LogP contribution < -0.4 is 0 Å². The van der Waals surface area contributed by atoms with E-state index in [0.29, 0.717) is 0 Å². The lowest BCUT2D eigenvalue weighted by Crippen LogP contribution is -2.39. The minimum Gasteiger partial charge on any atom is -0.392 e. The van der Waals surface area contributed by atoms with Crippen molar-refractivity contribution in [2.24, 2.45) is 0 Å². The Bertz CT molecular complexity index is 119. The quantitative estimate of drug-likeness (QED) is 0.628. The molecular weight excluding hydrogens is 154 g/mol. The van der Waals surface area contributed by atoms with Gasteiger partial charge in [-0.3, -0.25) is 4.90 Å². The van der Waals surface area contributed by atoms with Crippen molar-refractivity contribution in [3.05, 3.63) is 0 Å². The summed E-state index contributed by atoms with van der Waals surface area (Å²) in [6, 6.07) is 0. The van der Waals surface area contributed by atoms with E-state index in [9.17, 15) is 5.11 Å². The first-order valence-electron chi connectivity index (χ1n) is 4.81. The highest BCUT2D eigenvalue weighted by atomic mass is 16.5. The summed E-state index contributed by atoms with van der Waals surface area (Å²) in [5.74, 6) is 0. The summed E-state index contributed by atoms with van der Waals surface area (Å²) < 4.78 is 5.25. The third-order valence-electron chi connectivity index (χ3n) is 2.24. The van der Waals surface area contributed by atoms with Crippen molar-refractivity contribution >= 4 is 0 Å². The molecule has 1 unspecified atom stereocenters. The van der Waals surface area contributed by atoms with E-state index in [-0.39, 0.29) is 6.10 Å². The Hall–Kier alpha value is -0.120. The Labute approximate surface area is 74.3 Å². The second kappa shape index (κ2) is 5.51. The summed E-state index contributed by atoms with van der Waals surface area (Å²) in [4.78, 5) is 2.27. The van der Waals surface area contributed by atoms with Gasteiger partial charge >= 0.3 is 0 Å². The van der Waals surface area contributed by atoms with Gasteiger partial charge in [-0.05, 0) is 26.3 Å². The number of hydrogen-bond acceptors (Lipinski definition) is 3. The van der Waals surface area contributed by atoms with Crippen LogP contribution in [0, 0.1) is 0 Å². The molecule has 0 saturated carbocycles.